The number of aryl methyl sites for hydroxylation is 2. The number of esters is 1. The molecule has 0 spiro atoms. The van der Waals surface area contributed by atoms with E-state index in [1.165, 1.54) is 4.90 Å². The van der Waals surface area contributed by atoms with Crippen LogP contribution in [0.4, 0.5) is 5.69 Å². The highest BCUT2D eigenvalue weighted by atomic mass is 16.5. The maximum atomic E-state index is 12.7. The molecule has 0 bridgehead atoms. The van der Waals surface area contributed by atoms with Crippen molar-refractivity contribution in [2.24, 2.45) is 0 Å². The lowest BCUT2D eigenvalue weighted by atomic mass is 10.1. The van der Waals surface area contributed by atoms with Crippen LogP contribution in [0.15, 0.2) is 42.5 Å². The van der Waals surface area contributed by atoms with Gasteiger partial charge < -0.3 is 19.1 Å². The molecule has 0 N–H and O–H groups in total. The molecule has 0 atom stereocenters. The van der Waals surface area contributed by atoms with Gasteiger partial charge >= 0.3 is 5.97 Å². The zero-order chi connectivity index (χ0) is 22.6. The van der Waals surface area contributed by atoms with Gasteiger partial charge in [0.25, 0.3) is 5.91 Å². The first-order chi connectivity index (χ1) is 14.9. The van der Waals surface area contributed by atoms with Gasteiger partial charge in [-0.25, -0.2) is 0 Å². The standard InChI is InChI=1S/C24H28N2O5/c1-4-29-21-6-8-22(9-7-21)30-13-10-24(28)31-17-23(27)26(12-5-11-25)20-15-18(2)14-19(3)16-20/h6-9,14-16H,4-5,10,12-13,17H2,1-3H3. The average molecular weight is 424 g/mol. The van der Waals surface area contributed by atoms with Crippen LogP contribution >= 0.6 is 0 Å². The number of benzene rings is 2. The minimum atomic E-state index is -0.528. The lowest BCUT2D eigenvalue weighted by Crippen LogP contribution is -2.35. The number of ether oxygens (including phenoxy) is 3. The van der Waals surface area contributed by atoms with Crippen molar-refractivity contribution >= 4 is 17.6 Å². The van der Waals surface area contributed by atoms with E-state index in [-0.39, 0.29) is 38.5 Å². The van der Waals surface area contributed by atoms with E-state index < -0.39 is 5.97 Å². The van der Waals surface area contributed by atoms with Crippen molar-refractivity contribution in [2.75, 3.05) is 31.3 Å². The third-order valence-corrected chi connectivity index (χ3v) is 4.33. The number of anilines is 1. The SMILES string of the molecule is CCOc1ccc(OCCC(=O)OCC(=O)N(CCC#N)c2cc(C)cc(C)c2)cc1. The summed E-state index contributed by atoms with van der Waals surface area (Å²) in [5.41, 5.74) is 2.70. The van der Waals surface area contributed by atoms with E-state index in [0.717, 1.165) is 16.9 Å². The van der Waals surface area contributed by atoms with Crippen molar-refractivity contribution in [2.45, 2.75) is 33.6 Å². The molecule has 1 amide bonds. The zero-order valence-corrected chi connectivity index (χ0v) is 18.2. The summed E-state index contributed by atoms with van der Waals surface area (Å²) in [5.74, 6) is 0.461. The Kier molecular flexibility index (Phi) is 9.37. The molecule has 2 aromatic rings. The molecule has 0 aromatic heterocycles. The number of nitriles is 1. The van der Waals surface area contributed by atoms with Gasteiger partial charge in [-0.2, -0.15) is 5.26 Å². The van der Waals surface area contributed by atoms with Gasteiger partial charge in [-0.05, 0) is 68.3 Å². The topological polar surface area (TPSA) is 88.9 Å². The number of hydrogen-bond donors (Lipinski definition) is 0. The number of nitrogens with zero attached hydrogens (tertiary/aromatic N) is 2. The molecule has 2 aromatic carbocycles. The van der Waals surface area contributed by atoms with Gasteiger partial charge in [-0.3, -0.25) is 9.59 Å². The lowest BCUT2D eigenvalue weighted by Gasteiger charge is -2.22. The molecule has 0 fully saturated rings. The molecule has 31 heavy (non-hydrogen) atoms. The third-order valence-electron chi connectivity index (χ3n) is 4.33. The quantitative estimate of drug-likeness (QED) is 0.507. The smallest absolute Gasteiger partial charge is 0.309 e. The van der Waals surface area contributed by atoms with Crippen LogP contribution in [0.1, 0.15) is 30.9 Å². The Morgan fingerprint density at radius 2 is 1.61 bits per heavy atom. The van der Waals surface area contributed by atoms with Crippen molar-refractivity contribution in [3.05, 3.63) is 53.6 Å². The Morgan fingerprint density at radius 1 is 1.00 bits per heavy atom. The first-order valence-corrected chi connectivity index (χ1v) is 10.2. The number of rotatable bonds is 11. The van der Waals surface area contributed by atoms with Crippen LogP contribution in [-0.4, -0.2) is 38.2 Å². The molecular weight excluding hydrogens is 396 g/mol. The highest BCUT2D eigenvalue weighted by Crippen LogP contribution is 2.20. The molecule has 7 nitrogen and oxygen atoms in total. The highest BCUT2D eigenvalue weighted by Gasteiger charge is 2.18. The van der Waals surface area contributed by atoms with E-state index >= 15 is 0 Å². The second kappa shape index (κ2) is 12.2. The molecule has 0 saturated heterocycles. The fourth-order valence-electron chi connectivity index (χ4n) is 3.01. The zero-order valence-electron chi connectivity index (χ0n) is 18.2. The maximum absolute atomic E-state index is 12.7. The summed E-state index contributed by atoms with van der Waals surface area (Å²) in [5, 5.41) is 8.91. The minimum Gasteiger partial charge on any atom is -0.494 e. The minimum absolute atomic E-state index is 0.0161. The van der Waals surface area contributed by atoms with E-state index in [9.17, 15) is 9.59 Å². The second-order valence-electron chi connectivity index (χ2n) is 6.96. The summed E-state index contributed by atoms with van der Waals surface area (Å²) in [6, 6.07) is 14.9. The van der Waals surface area contributed by atoms with Gasteiger partial charge in [0, 0.05) is 12.2 Å². The van der Waals surface area contributed by atoms with Gasteiger partial charge in [0.05, 0.1) is 32.1 Å². The molecule has 0 unspecified atom stereocenters. The van der Waals surface area contributed by atoms with Gasteiger partial charge in [-0.15, -0.1) is 0 Å². The van der Waals surface area contributed by atoms with Crippen molar-refractivity contribution in [1.29, 1.82) is 5.26 Å². The van der Waals surface area contributed by atoms with Gasteiger partial charge in [-0.1, -0.05) is 6.07 Å². The summed E-state index contributed by atoms with van der Waals surface area (Å²) >= 11 is 0. The van der Waals surface area contributed by atoms with Gasteiger partial charge in [0.1, 0.15) is 11.5 Å². The van der Waals surface area contributed by atoms with Crippen LogP contribution in [0.2, 0.25) is 0 Å². The van der Waals surface area contributed by atoms with Crippen LogP contribution in [-0.2, 0) is 14.3 Å². The van der Waals surface area contributed by atoms with Crippen molar-refractivity contribution in [3.8, 4) is 17.6 Å². The van der Waals surface area contributed by atoms with Crippen molar-refractivity contribution in [1.82, 2.24) is 0 Å². The van der Waals surface area contributed by atoms with Crippen molar-refractivity contribution in [3.63, 3.8) is 0 Å². The second-order valence-corrected chi connectivity index (χ2v) is 6.96. The van der Waals surface area contributed by atoms with Crippen LogP contribution in [0.25, 0.3) is 0 Å². The molecule has 0 aliphatic rings. The predicted octanol–water partition coefficient (Wildman–Crippen LogP) is 3.96. The van der Waals surface area contributed by atoms with Crippen LogP contribution < -0.4 is 14.4 Å². The van der Waals surface area contributed by atoms with Gasteiger partial charge in [0.2, 0.25) is 0 Å². The highest BCUT2D eigenvalue weighted by molar-refractivity contribution is 5.95. The summed E-state index contributed by atoms with van der Waals surface area (Å²) in [4.78, 5) is 26.1. The summed E-state index contributed by atoms with van der Waals surface area (Å²) < 4.78 is 16.0. The first kappa shape index (κ1) is 23.7. The van der Waals surface area contributed by atoms with Crippen molar-refractivity contribution < 1.29 is 23.8 Å². The van der Waals surface area contributed by atoms with E-state index in [4.69, 9.17) is 19.5 Å². The molecule has 7 heteroatoms. The summed E-state index contributed by atoms with van der Waals surface area (Å²) in [6.45, 7) is 6.35. The van der Waals surface area contributed by atoms with E-state index in [0.29, 0.717) is 18.0 Å². The normalized spacial score (nSPS) is 10.1. The molecular formula is C24H28N2O5. The molecule has 0 saturated carbocycles. The first-order valence-electron chi connectivity index (χ1n) is 10.2. The molecule has 2 rings (SSSR count). The molecule has 164 valence electrons. The summed E-state index contributed by atoms with van der Waals surface area (Å²) in [7, 11) is 0. The monoisotopic (exact) mass is 424 g/mol. The molecule has 0 heterocycles. The Balaban J connectivity index is 1.84. The van der Waals surface area contributed by atoms with E-state index in [1.54, 1.807) is 24.3 Å². The Hall–Kier alpha value is -3.53. The fourth-order valence-corrected chi connectivity index (χ4v) is 3.01. The molecule has 0 radical (unpaired) electrons. The van der Waals surface area contributed by atoms with Crippen LogP contribution in [0.5, 0.6) is 11.5 Å². The Labute approximate surface area is 183 Å². The largest absolute Gasteiger partial charge is 0.494 e. The Bertz CT molecular complexity index is 898. The van der Waals surface area contributed by atoms with E-state index in [2.05, 4.69) is 0 Å². The van der Waals surface area contributed by atoms with Crippen LogP contribution in [0.3, 0.4) is 0 Å². The fraction of sp³-hybridized carbons (Fsp3) is 0.375. The Morgan fingerprint density at radius 3 is 2.19 bits per heavy atom. The van der Waals surface area contributed by atoms with Gasteiger partial charge in [0.15, 0.2) is 6.61 Å². The number of amides is 1. The molecule has 0 aliphatic heterocycles. The number of hydrogen-bond acceptors (Lipinski definition) is 6. The predicted molar refractivity (Wildman–Crippen MR) is 117 cm³/mol. The molecule has 0 aliphatic carbocycles. The van der Waals surface area contributed by atoms with E-state index in [1.807, 2.05) is 45.0 Å². The number of carbonyl (C=O) groups is 2. The lowest BCUT2D eigenvalue weighted by molar-refractivity contribution is -0.148. The third kappa shape index (κ3) is 8.01. The summed E-state index contributed by atoms with van der Waals surface area (Å²) in [6.07, 6.45) is 0.199. The maximum Gasteiger partial charge on any atom is 0.309 e. The average Bonchev–Trinajstić information content (AvgIpc) is 2.73. The number of carbonyl (C=O) groups excluding carboxylic acids is 2. The van der Waals surface area contributed by atoms with Crippen LogP contribution in [0, 0.1) is 25.2 Å².